The van der Waals surface area contributed by atoms with Gasteiger partial charge in [-0.1, -0.05) is 0 Å². The first kappa shape index (κ1) is 13.9. The number of nitrogen functional groups attached to an aromatic ring is 1. The van der Waals surface area contributed by atoms with Gasteiger partial charge in [0.2, 0.25) is 0 Å². The van der Waals surface area contributed by atoms with Crippen molar-refractivity contribution in [2.24, 2.45) is 0 Å². The molecular formula is C12H11FIN3O2. The monoisotopic (exact) mass is 375 g/mol. The molecule has 5 nitrogen and oxygen atoms in total. The van der Waals surface area contributed by atoms with Crippen LogP contribution in [0.15, 0.2) is 18.2 Å². The Bertz CT molecular complexity index is 622. The first-order valence-electron chi connectivity index (χ1n) is 5.32. The van der Waals surface area contributed by atoms with Gasteiger partial charge in [0, 0.05) is 12.7 Å². The second-order valence-corrected chi connectivity index (χ2v) is 4.87. The van der Waals surface area contributed by atoms with E-state index in [0.29, 0.717) is 33.1 Å². The van der Waals surface area contributed by atoms with Crippen molar-refractivity contribution < 1.29 is 14.2 Å². The zero-order valence-corrected chi connectivity index (χ0v) is 12.2. The van der Waals surface area contributed by atoms with Crippen LogP contribution in [-0.2, 0) is 11.3 Å². The van der Waals surface area contributed by atoms with E-state index in [4.69, 9.17) is 15.6 Å². The smallest absolute Gasteiger partial charge is 0.165 e. The molecule has 1 aromatic heterocycles. The van der Waals surface area contributed by atoms with Gasteiger partial charge in [0.1, 0.15) is 5.82 Å². The van der Waals surface area contributed by atoms with E-state index in [0.717, 1.165) is 6.07 Å². The van der Waals surface area contributed by atoms with E-state index in [1.54, 1.807) is 7.11 Å². The molecule has 0 amide bonds. The fourth-order valence-electron chi connectivity index (χ4n) is 1.52. The van der Waals surface area contributed by atoms with Crippen molar-refractivity contribution in [1.82, 2.24) is 9.97 Å². The summed E-state index contributed by atoms with van der Waals surface area (Å²) in [5, 5.41) is 9.17. The number of nitrogens with zero attached hydrogens (tertiary/aromatic N) is 2. The van der Waals surface area contributed by atoms with Crippen molar-refractivity contribution in [3.8, 4) is 17.1 Å². The van der Waals surface area contributed by atoms with Crippen LogP contribution < -0.4 is 5.73 Å². The van der Waals surface area contributed by atoms with Gasteiger partial charge in [-0.3, -0.25) is 0 Å². The Labute approximate surface area is 122 Å². The minimum atomic E-state index is -0.730. The highest BCUT2D eigenvalue weighted by Gasteiger charge is 2.12. The predicted octanol–water partition coefficient (Wildman–Crippen LogP) is 2.32. The Morgan fingerprint density at radius 1 is 1.42 bits per heavy atom. The standard InChI is InChI=1S/C12H11FIN3O2/c1-19-5-8-10(14)11(15)17-12(16-8)6-2-3-9(18)7(13)4-6/h2-4,18H,5H2,1H3,(H2,15,16,17). The highest BCUT2D eigenvalue weighted by molar-refractivity contribution is 14.1. The molecule has 0 fully saturated rings. The van der Waals surface area contributed by atoms with E-state index in [1.165, 1.54) is 12.1 Å². The van der Waals surface area contributed by atoms with Crippen molar-refractivity contribution in [3.63, 3.8) is 0 Å². The molecular weight excluding hydrogens is 364 g/mol. The summed E-state index contributed by atoms with van der Waals surface area (Å²) in [6.07, 6.45) is 0. The molecule has 0 radical (unpaired) electrons. The van der Waals surface area contributed by atoms with Crippen LogP contribution in [0.3, 0.4) is 0 Å². The van der Waals surface area contributed by atoms with Crippen LogP contribution in [0.1, 0.15) is 5.69 Å². The number of ether oxygens (including phenoxy) is 1. The lowest BCUT2D eigenvalue weighted by Gasteiger charge is -2.08. The molecule has 2 aromatic rings. The largest absolute Gasteiger partial charge is 0.505 e. The SMILES string of the molecule is COCc1nc(-c2ccc(O)c(F)c2)nc(N)c1I. The first-order valence-corrected chi connectivity index (χ1v) is 6.40. The Balaban J connectivity index is 2.52. The molecule has 0 saturated carbocycles. The van der Waals surface area contributed by atoms with Crippen molar-refractivity contribution in [3.05, 3.63) is 33.3 Å². The Morgan fingerprint density at radius 2 is 2.16 bits per heavy atom. The number of phenols is 1. The van der Waals surface area contributed by atoms with Crippen LogP contribution in [0.5, 0.6) is 5.75 Å². The summed E-state index contributed by atoms with van der Waals surface area (Å²) >= 11 is 2.03. The highest BCUT2D eigenvalue weighted by atomic mass is 127. The molecule has 1 aromatic carbocycles. The molecule has 0 atom stereocenters. The van der Waals surface area contributed by atoms with Crippen molar-refractivity contribution in [2.75, 3.05) is 12.8 Å². The van der Waals surface area contributed by atoms with Gasteiger partial charge in [-0.2, -0.15) is 0 Å². The van der Waals surface area contributed by atoms with Crippen molar-refractivity contribution in [1.29, 1.82) is 0 Å². The summed E-state index contributed by atoms with van der Waals surface area (Å²) in [5.74, 6) is -0.541. The normalized spacial score (nSPS) is 10.7. The zero-order valence-electron chi connectivity index (χ0n) is 10.0. The first-order chi connectivity index (χ1) is 9.02. The van der Waals surface area contributed by atoms with Crippen molar-refractivity contribution >= 4 is 28.4 Å². The Kier molecular flexibility index (Phi) is 4.15. The number of hydrogen-bond donors (Lipinski definition) is 2. The predicted molar refractivity (Wildman–Crippen MR) is 76.9 cm³/mol. The lowest BCUT2D eigenvalue weighted by atomic mass is 10.2. The maximum absolute atomic E-state index is 13.3. The maximum Gasteiger partial charge on any atom is 0.165 e. The van der Waals surface area contributed by atoms with Crippen LogP contribution in [0.2, 0.25) is 0 Å². The number of benzene rings is 1. The van der Waals surface area contributed by atoms with E-state index in [2.05, 4.69) is 9.97 Å². The number of aromatic nitrogens is 2. The van der Waals surface area contributed by atoms with Crippen molar-refractivity contribution in [2.45, 2.75) is 6.61 Å². The van der Waals surface area contributed by atoms with Crippen LogP contribution in [0, 0.1) is 9.39 Å². The lowest BCUT2D eigenvalue weighted by Crippen LogP contribution is -2.06. The third kappa shape index (κ3) is 2.92. The molecule has 0 spiro atoms. The molecule has 100 valence electrons. The van der Waals surface area contributed by atoms with E-state index < -0.39 is 11.6 Å². The van der Waals surface area contributed by atoms with Gasteiger partial charge in [-0.05, 0) is 40.8 Å². The average Bonchev–Trinajstić information content (AvgIpc) is 2.38. The van der Waals surface area contributed by atoms with E-state index in [1.807, 2.05) is 22.6 Å². The number of phenolic OH excluding ortho intramolecular Hbond substituents is 1. The van der Waals surface area contributed by atoms with Crippen LogP contribution in [-0.4, -0.2) is 22.2 Å². The van der Waals surface area contributed by atoms with E-state index >= 15 is 0 Å². The molecule has 0 aliphatic carbocycles. The molecule has 0 saturated heterocycles. The van der Waals surface area contributed by atoms with Gasteiger partial charge in [-0.15, -0.1) is 0 Å². The van der Waals surface area contributed by atoms with Crippen LogP contribution >= 0.6 is 22.6 Å². The minimum Gasteiger partial charge on any atom is -0.505 e. The van der Waals surface area contributed by atoms with Crippen LogP contribution in [0.25, 0.3) is 11.4 Å². The van der Waals surface area contributed by atoms with Gasteiger partial charge in [0.05, 0.1) is 15.9 Å². The van der Waals surface area contributed by atoms with Gasteiger partial charge in [0.15, 0.2) is 17.4 Å². The molecule has 0 bridgehead atoms. The summed E-state index contributed by atoms with van der Waals surface area (Å²) in [4.78, 5) is 8.40. The minimum absolute atomic E-state index is 0.290. The number of hydrogen-bond acceptors (Lipinski definition) is 5. The molecule has 0 unspecified atom stereocenters. The Morgan fingerprint density at radius 3 is 2.79 bits per heavy atom. The molecule has 3 N–H and O–H groups in total. The van der Waals surface area contributed by atoms with Gasteiger partial charge >= 0.3 is 0 Å². The molecule has 7 heteroatoms. The number of anilines is 1. The van der Waals surface area contributed by atoms with E-state index in [9.17, 15) is 4.39 Å². The number of nitrogens with two attached hydrogens (primary N) is 1. The maximum atomic E-state index is 13.3. The molecule has 0 aliphatic rings. The zero-order chi connectivity index (χ0) is 14.0. The molecule has 0 aliphatic heterocycles. The number of methoxy groups -OCH3 is 1. The fourth-order valence-corrected chi connectivity index (χ4v) is 1.92. The molecule has 2 rings (SSSR count). The average molecular weight is 375 g/mol. The topological polar surface area (TPSA) is 81.3 Å². The highest BCUT2D eigenvalue weighted by Crippen LogP contribution is 2.25. The number of aromatic hydroxyl groups is 1. The Hall–Kier alpha value is -1.48. The van der Waals surface area contributed by atoms with Gasteiger partial charge < -0.3 is 15.6 Å². The second kappa shape index (κ2) is 5.66. The summed E-state index contributed by atoms with van der Waals surface area (Å²) in [5.41, 5.74) is 6.88. The summed E-state index contributed by atoms with van der Waals surface area (Å²) in [6.45, 7) is 0.290. The molecule has 1 heterocycles. The van der Waals surface area contributed by atoms with Gasteiger partial charge in [-0.25, -0.2) is 14.4 Å². The fraction of sp³-hybridized carbons (Fsp3) is 0.167. The summed E-state index contributed by atoms with van der Waals surface area (Å²) in [6, 6.07) is 3.93. The third-order valence-electron chi connectivity index (χ3n) is 2.43. The third-order valence-corrected chi connectivity index (χ3v) is 3.61. The van der Waals surface area contributed by atoms with Gasteiger partial charge in [0.25, 0.3) is 0 Å². The number of rotatable bonds is 3. The second-order valence-electron chi connectivity index (χ2n) is 3.79. The summed E-state index contributed by atoms with van der Waals surface area (Å²) in [7, 11) is 1.55. The quantitative estimate of drug-likeness (QED) is 0.805. The lowest BCUT2D eigenvalue weighted by molar-refractivity contribution is 0.181. The van der Waals surface area contributed by atoms with E-state index in [-0.39, 0.29) is 0 Å². The number of halogens is 2. The summed E-state index contributed by atoms with van der Waals surface area (Å²) < 4.78 is 19.1. The van der Waals surface area contributed by atoms with Crippen LogP contribution in [0.4, 0.5) is 10.2 Å². The molecule has 19 heavy (non-hydrogen) atoms.